The van der Waals surface area contributed by atoms with Gasteiger partial charge < -0.3 is 10.3 Å². The third-order valence-electron chi connectivity index (χ3n) is 4.16. The number of benzene rings is 1. The van der Waals surface area contributed by atoms with Gasteiger partial charge in [-0.2, -0.15) is 0 Å². The van der Waals surface area contributed by atoms with E-state index in [0.717, 1.165) is 29.4 Å². The molecule has 3 rings (SSSR count). The minimum absolute atomic E-state index is 0.680. The number of hydrogen-bond donors (Lipinski definition) is 1. The van der Waals surface area contributed by atoms with Gasteiger partial charge in [0, 0.05) is 16.9 Å². The molecule has 0 bridgehead atoms. The van der Waals surface area contributed by atoms with E-state index >= 15 is 0 Å². The first-order valence-corrected chi connectivity index (χ1v) is 8.34. The summed E-state index contributed by atoms with van der Waals surface area (Å²) in [6.07, 6.45) is 5.94. The summed E-state index contributed by atoms with van der Waals surface area (Å²) < 4.78 is 3.57. The Morgan fingerprint density at radius 1 is 1.40 bits per heavy atom. The molecule has 20 heavy (non-hydrogen) atoms. The van der Waals surface area contributed by atoms with Gasteiger partial charge >= 0.3 is 0 Å². The second-order valence-corrected chi connectivity index (χ2v) is 6.90. The highest BCUT2D eigenvalue weighted by Gasteiger charge is 2.28. The number of rotatable bonds is 6. The van der Waals surface area contributed by atoms with Crippen molar-refractivity contribution in [3.63, 3.8) is 0 Å². The van der Waals surface area contributed by atoms with Gasteiger partial charge in [0.15, 0.2) is 0 Å². The van der Waals surface area contributed by atoms with Crippen molar-refractivity contribution in [1.82, 2.24) is 9.55 Å². The standard InChI is InChI=1S/C16H22BrN3/c1-11(8-9-18)2-7-16-19-14-10-12(17)3-6-15(14)20(16)13-4-5-13/h3,6,10-11,13H,2,4-5,7-9,18H2,1H3. The molecule has 0 aliphatic heterocycles. The number of hydrogen-bond acceptors (Lipinski definition) is 2. The molecule has 0 radical (unpaired) electrons. The van der Waals surface area contributed by atoms with E-state index < -0.39 is 0 Å². The Hall–Kier alpha value is -0.870. The first-order valence-electron chi connectivity index (χ1n) is 7.55. The molecule has 1 saturated carbocycles. The molecule has 1 aromatic heterocycles. The number of nitrogens with zero attached hydrogens (tertiary/aromatic N) is 2. The number of aromatic nitrogens is 2. The van der Waals surface area contributed by atoms with Gasteiger partial charge in [-0.1, -0.05) is 22.9 Å². The zero-order chi connectivity index (χ0) is 14.1. The lowest BCUT2D eigenvalue weighted by Crippen LogP contribution is -2.08. The Labute approximate surface area is 128 Å². The SMILES string of the molecule is CC(CCN)CCc1nc2cc(Br)ccc2n1C1CC1. The van der Waals surface area contributed by atoms with Crippen LogP contribution in [-0.2, 0) is 6.42 Å². The predicted molar refractivity (Wildman–Crippen MR) is 86.9 cm³/mol. The highest BCUT2D eigenvalue weighted by molar-refractivity contribution is 9.10. The van der Waals surface area contributed by atoms with Crippen molar-refractivity contribution >= 4 is 27.0 Å². The van der Waals surface area contributed by atoms with Crippen LogP contribution in [0.4, 0.5) is 0 Å². The van der Waals surface area contributed by atoms with Crippen LogP contribution >= 0.6 is 15.9 Å². The first-order chi connectivity index (χ1) is 9.69. The van der Waals surface area contributed by atoms with Gasteiger partial charge in [0.05, 0.1) is 11.0 Å². The van der Waals surface area contributed by atoms with Gasteiger partial charge in [0.2, 0.25) is 0 Å². The zero-order valence-corrected chi connectivity index (χ0v) is 13.6. The van der Waals surface area contributed by atoms with Crippen LogP contribution in [0.15, 0.2) is 22.7 Å². The van der Waals surface area contributed by atoms with E-state index in [1.165, 1.54) is 30.6 Å². The van der Waals surface area contributed by atoms with Crippen molar-refractivity contribution in [2.24, 2.45) is 11.7 Å². The topological polar surface area (TPSA) is 43.8 Å². The van der Waals surface area contributed by atoms with Crippen molar-refractivity contribution in [2.75, 3.05) is 6.54 Å². The van der Waals surface area contributed by atoms with Crippen LogP contribution < -0.4 is 5.73 Å². The summed E-state index contributed by atoms with van der Waals surface area (Å²) in [5.74, 6) is 1.93. The smallest absolute Gasteiger partial charge is 0.110 e. The molecule has 0 amide bonds. The Kier molecular flexibility index (Phi) is 4.13. The van der Waals surface area contributed by atoms with Crippen molar-refractivity contribution in [2.45, 2.75) is 45.1 Å². The number of aryl methyl sites for hydroxylation is 1. The van der Waals surface area contributed by atoms with E-state index in [1.54, 1.807) is 0 Å². The van der Waals surface area contributed by atoms with Crippen molar-refractivity contribution in [3.8, 4) is 0 Å². The molecule has 0 spiro atoms. The molecule has 1 heterocycles. The maximum Gasteiger partial charge on any atom is 0.110 e. The lowest BCUT2D eigenvalue weighted by atomic mass is 10.0. The zero-order valence-electron chi connectivity index (χ0n) is 12.0. The summed E-state index contributed by atoms with van der Waals surface area (Å²) in [7, 11) is 0. The highest BCUT2D eigenvalue weighted by atomic mass is 79.9. The van der Waals surface area contributed by atoms with E-state index in [0.29, 0.717) is 12.0 Å². The van der Waals surface area contributed by atoms with Crippen LogP contribution in [0.25, 0.3) is 11.0 Å². The second kappa shape index (κ2) is 5.86. The van der Waals surface area contributed by atoms with Crippen molar-refractivity contribution in [1.29, 1.82) is 0 Å². The second-order valence-electron chi connectivity index (χ2n) is 5.98. The first kappa shape index (κ1) is 14.1. The Morgan fingerprint density at radius 3 is 2.90 bits per heavy atom. The summed E-state index contributed by atoms with van der Waals surface area (Å²) in [5, 5.41) is 0. The summed E-state index contributed by atoms with van der Waals surface area (Å²) in [4.78, 5) is 4.87. The molecule has 3 nitrogen and oxygen atoms in total. The third-order valence-corrected chi connectivity index (χ3v) is 4.65. The van der Waals surface area contributed by atoms with Gasteiger partial charge in [-0.15, -0.1) is 0 Å². The fourth-order valence-electron chi connectivity index (χ4n) is 2.84. The molecule has 1 unspecified atom stereocenters. The quantitative estimate of drug-likeness (QED) is 0.865. The molecular formula is C16H22BrN3. The fourth-order valence-corrected chi connectivity index (χ4v) is 3.19. The van der Waals surface area contributed by atoms with E-state index in [4.69, 9.17) is 10.7 Å². The van der Waals surface area contributed by atoms with Gasteiger partial charge in [-0.05, 0) is 56.3 Å². The van der Waals surface area contributed by atoms with E-state index in [-0.39, 0.29) is 0 Å². The van der Waals surface area contributed by atoms with Gasteiger partial charge in [0.1, 0.15) is 5.82 Å². The lowest BCUT2D eigenvalue weighted by Gasteiger charge is -2.11. The largest absolute Gasteiger partial charge is 0.330 e. The Balaban J connectivity index is 1.87. The van der Waals surface area contributed by atoms with E-state index in [1.807, 2.05) is 0 Å². The molecule has 2 N–H and O–H groups in total. The third kappa shape index (κ3) is 2.91. The summed E-state index contributed by atoms with van der Waals surface area (Å²) >= 11 is 3.54. The molecule has 1 aliphatic rings. The lowest BCUT2D eigenvalue weighted by molar-refractivity contribution is 0.487. The van der Waals surface area contributed by atoms with Crippen molar-refractivity contribution < 1.29 is 0 Å². The molecule has 2 aromatic rings. The van der Waals surface area contributed by atoms with Gasteiger partial charge in [-0.25, -0.2) is 4.98 Å². The van der Waals surface area contributed by atoms with Crippen LogP contribution in [0.5, 0.6) is 0 Å². The molecule has 0 saturated heterocycles. The summed E-state index contributed by atoms with van der Waals surface area (Å²) in [6.45, 7) is 3.07. The van der Waals surface area contributed by atoms with E-state index in [2.05, 4.69) is 45.6 Å². The van der Waals surface area contributed by atoms with E-state index in [9.17, 15) is 0 Å². The number of halogens is 1. The van der Waals surface area contributed by atoms with Gasteiger partial charge in [0.25, 0.3) is 0 Å². The molecular weight excluding hydrogens is 314 g/mol. The van der Waals surface area contributed by atoms with Crippen LogP contribution in [0.1, 0.15) is 44.5 Å². The fraction of sp³-hybridized carbons (Fsp3) is 0.562. The van der Waals surface area contributed by atoms with Crippen molar-refractivity contribution in [3.05, 3.63) is 28.5 Å². The van der Waals surface area contributed by atoms with Crippen LogP contribution in [-0.4, -0.2) is 16.1 Å². The summed E-state index contributed by atoms with van der Waals surface area (Å²) in [6, 6.07) is 7.11. The number of fused-ring (bicyclic) bond motifs is 1. The molecule has 1 fully saturated rings. The van der Waals surface area contributed by atoms with Crippen LogP contribution in [0.2, 0.25) is 0 Å². The minimum Gasteiger partial charge on any atom is -0.330 e. The van der Waals surface area contributed by atoms with Crippen LogP contribution in [0.3, 0.4) is 0 Å². The van der Waals surface area contributed by atoms with Gasteiger partial charge in [-0.3, -0.25) is 0 Å². The maximum absolute atomic E-state index is 5.64. The normalized spacial score (nSPS) is 16.8. The Bertz CT molecular complexity index is 601. The molecule has 1 atom stereocenters. The number of nitrogens with two attached hydrogens (primary N) is 1. The number of imidazole rings is 1. The molecule has 1 aliphatic carbocycles. The summed E-state index contributed by atoms with van der Waals surface area (Å²) in [5.41, 5.74) is 8.05. The predicted octanol–water partition coefficient (Wildman–Crippen LogP) is 4.05. The molecule has 1 aromatic carbocycles. The highest BCUT2D eigenvalue weighted by Crippen LogP contribution is 2.39. The average molecular weight is 336 g/mol. The average Bonchev–Trinajstić information content (AvgIpc) is 3.18. The Morgan fingerprint density at radius 2 is 2.20 bits per heavy atom. The molecule has 108 valence electrons. The monoisotopic (exact) mass is 335 g/mol. The maximum atomic E-state index is 5.64. The molecule has 4 heteroatoms. The van der Waals surface area contributed by atoms with Crippen LogP contribution in [0, 0.1) is 5.92 Å². The minimum atomic E-state index is 0.680.